The molecule has 0 bridgehead atoms. The first-order chi connectivity index (χ1) is 7.13. The Morgan fingerprint density at radius 2 is 2.27 bits per heavy atom. The molecule has 1 aromatic carbocycles. The molecule has 0 atom stereocenters. The van der Waals surface area contributed by atoms with E-state index in [0.717, 1.165) is 12.1 Å². The molecule has 1 amide bonds. The van der Waals surface area contributed by atoms with Gasteiger partial charge in [0, 0.05) is 12.1 Å². The Morgan fingerprint density at radius 1 is 1.53 bits per heavy atom. The molecule has 1 aromatic rings. The lowest BCUT2D eigenvalue weighted by molar-refractivity contribution is 0.0599. The predicted octanol–water partition coefficient (Wildman–Crippen LogP) is 0.856. The van der Waals surface area contributed by atoms with Gasteiger partial charge in [0.15, 0.2) is 0 Å². The molecule has 0 radical (unpaired) electrons. The number of ether oxygens (including phenoxy) is 1. The highest BCUT2D eigenvalue weighted by Crippen LogP contribution is 2.22. The van der Waals surface area contributed by atoms with Crippen molar-refractivity contribution in [2.24, 2.45) is 0 Å². The number of esters is 1. The van der Waals surface area contributed by atoms with Gasteiger partial charge < -0.3 is 10.1 Å². The summed E-state index contributed by atoms with van der Waals surface area (Å²) < 4.78 is 17.6. The summed E-state index contributed by atoms with van der Waals surface area (Å²) in [5.41, 5.74) is 0.800. The van der Waals surface area contributed by atoms with E-state index in [1.54, 1.807) is 0 Å². The molecule has 1 aliphatic heterocycles. The van der Waals surface area contributed by atoms with Crippen LogP contribution >= 0.6 is 0 Å². The van der Waals surface area contributed by atoms with E-state index < -0.39 is 11.8 Å². The maximum Gasteiger partial charge on any atom is 0.338 e. The highest BCUT2D eigenvalue weighted by Gasteiger charge is 2.26. The van der Waals surface area contributed by atoms with Crippen molar-refractivity contribution < 1.29 is 18.7 Å². The lowest BCUT2D eigenvalue weighted by atomic mass is 10.0. The number of benzene rings is 1. The van der Waals surface area contributed by atoms with Crippen molar-refractivity contribution in [2.75, 3.05) is 7.11 Å². The van der Waals surface area contributed by atoms with Crippen LogP contribution in [0.15, 0.2) is 12.1 Å². The maximum absolute atomic E-state index is 13.1. The first-order valence-corrected chi connectivity index (χ1v) is 4.32. The summed E-state index contributed by atoms with van der Waals surface area (Å²) in [6.07, 6.45) is 0. The van der Waals surface area contributed by atoms with Crippen LogP contribution in [0, 0.1) is 5.82 Å². The molecule has 1 N–H and O–H groups in total. The summed E-state index contributed by atoms with van der Waals surface area (Å²) in [6.45, 7) is 0.235. The van der Waals surface area contributed by atoms with Crippen LogP contribution in [0.4, 0.5) is 4.39 Å². The molecule has 0 aliphatic carbocycles. The van der Waals surface area contributed by atoms with Gasteiger partial charge >= 0.3 is 5.97 Å². The molecule has 15 heavy (non-hydrogen) atoms. The zero-order valence-electron chi connectivity index (χ0n) is 7.96. The zero-order valence-corrected chi connectivity index (χ0v) is 7.96. The van der Waals surface area contributed by atoms with Crippen LogP contribution in [0.5, 0.6) is 0 Å². The average Bonchev–Trinajstić information content (AvgIpc) is 2.58. The fourth-order valence-electron chi connectivity index (χ4n) is 1.59. The number of hydrogen-bond donors (Lipinski definition) is 1. The molecular weight excluding hydrogens is 201 g/mol. The SMILES string of the molecule is COC(=O)c1cc(F)cc2c1CNC2=O. The Hall–Kier alpha value is -1.91. The maximum atomic E-state index is 13.1. The second-order valence-corrected chi connectivity index (χ2v) is 3.15. The third kappa shape index (κ3) is 1.45. The van der Waals surface area contributed by atoms with Gasteiger partial charge in [-0.2, -0.15) is 0 Å². The molecule has 0 saturated carbocycles. The van der Waals surface area contributed by atoms with E-state index in [1.165, 1.54) is 7.11 Å². The number of fused-ring (bicyclic) bond motifs is 1. The van der Waals surface area contributed by atoms with E-state index in [9.17, 15) is 14.0 Å². The largest absolute Gasteiger partial charge is 0.465 e. The third-order valence-corrected chi connectivity index (χ3v) is 2.29. The lowest BCUT2D eigenvalue weighted by Crippen LogP contribution is -2.12. The van der Waals surface area contributed by atoms with Crippen LogP contribution in [0.3, 0.4) is 0 Å². The van der Waals surface area contributed by atoms with Gasteiger partial charge in [-0.1, -0.05) is 0 Å². The minimum absolute atomic E-state index is 0.103. The van der Waals surface area contributed by atoms with E-state index in [0.29, 0.717) is 5.56 Å². The molecule has 4 nitrogen and oxygen atoms in total. The topological polar surface area (TPSA) is 55.4 Å². The molecule has 1 aliphatic rings. The van der Waals surface area contributed by atoms with Crippen LogP contribution < -0.4 is 5.32 Å². The molecule has 0 aromatic heterocycles. The highest BCUT2D eigenvalue weighted by atomic mass is 19.1. The van der Waals surface area contributed by atoms with Crippen LogP contribution in [0.2, 0.25) is 0 Å². The number of methoxy groups -OCH3 is 1. The normalized spacial score (nSPS) is 13.3. The van der Waals surface area contributed by atoms with E-state index >= 15 is 0 Å². The van der Waals surface area contributed by atoms with Gasteiger partial charge in [0.2, 0.25) is 0 Å². The summed E-state index contributed by atoms with van der Waals surface area (Å²) in [7, 11) is 1.21. The van der Waals surface area contributed by atoms with Crippen molar-refractivity contribution in [3.63, 3.8) is 0 Å². The van der Waals surface area contributed by atoms with Crippen molar-refractivity contribution in [3.8, 4) is 0 Å². The first kappa shape index (κ1) is 9.64. The van der Waals surface area contributed by atoms with Crippen LogP contribution in [-0.4, -0.2) is 19.0 Å². The number of nitrogens with one attached hydrogen (secondary N) is 1. The van der Waals surface area contributed by atoms with E-state index in [-0.39, 0.29) is 23.6 Å². The molecule has 0 fully saturated rings. The Balaban J connectivity index is 2.61. The second kappa shape index (κ2) is 3.34. The summed E-state index contributed by atoms with van der Waals surface area (Å²) in [5, 5.41) is 2.52. The Labute approximate surface area is 85.0 Å². The second-order valence-electron chi connectivity index (χ2n) is 3.15. The third-order valence-electron chi connectivity index (χ3n) is 2.29. The number of halogens is 1. The molecule has 1 heterocycles. The van der Waals surface area contributed by atoms with E-state index in [1.807, 2.05) is 0 Å². The van der Waals surface area contributed by atoms with Gasteiger partial charge in [-0.05, 0) is 17.7 Å². The standard InChI is InChI=1S/C10H8FNO3/c1-15-10(14)7-3-5(11)2-6-8(7)4-12-9(6)13/h2-3H,4H2,1H3,(H,12,13). The minimum Gasteiger partial charge on any atom is -0.465 e. The van der Waals surface area contributed by atoms with Gasteiger partial charge in [-0.15, -0.1) is 0 Å². The monoisotopic (exact) mass is 209 g/mol. The number of rotatable bonds is 1. The molecule has 2 rings (SSSR count). The Bertz CT molecular complexity index is 456. The van der Waals surface area contributed by atoms with Crippen LogP contribution in [0.1, 0.15) is 26.3 Å². The summed E-state index contributed by atoms with van der Waals surface area (Å²) >= 11 is 0. The lowest BCUT2D eigenvalue weighted by Gasteiger charge is -2.04. The minimum atomic E-state index is -0.637. The van der Waals surface area contributed by atoms with Crippen molar-refractivity contribution >= 4 is 11.9 Å². The number of carbonyl (C=O) groups is 2. The fraction of sp³-hybridized carbons (Fsp3) is 0.200. The van der Waals surface area contributed by atoms with Gasteiger partial charge in [-0.25, -0.2) is 9.18 Å². The van der Waals surface area contributed by atoms with Crippen molar-refractivity contribution in [3.05, 3.63) is 34.6 Å². The molecule has 78 valence electrons. The fourth-order valence-corrected chi connectivity index (χ4v) is 1.59. The zero-order chi connectivity index (χ0) is 11.0. The molecule has 0 saturated heterocycles. The van der Waals surface area contributed by atoms with Gasteiger partial charge in [0.05, 0.1) is 12.7 Å². The summed E-state index contributed by atoms with van der Waals surface area (Å²) in [4.78, 5) is 22.6. The molecule has 0 unspecified atom stereocenters. The molecule has 5 heteroatoms. The average molecular weight is 209 g/mol. The molecular formula is C10H8FNO3. The number of hydrogen-bond acceptors (Lipinski definition) is 3. The van der Waals surface area contributed by atoms with Gasteiger partial charge in [0.25, 0.3) is 5.91 Å². The van der Waals surface area contributed by atoms with E-state index in [2.05, 4.69) is 10.1 Å². The van der Waals surface area contributed by atoms with Crippen LogP contribution in [0.25, 0.3) is 0 Å². The number of amides is 1. The van der Waals surface area contributed by atoms with Crippen molar-refractivity contribution in [1.29, 1.82) is 0 Å². The Kier molecular flexibility index (Phi) is 2.15. The van der Waals surface area contributed by atoms with Crippen LogP contribution in [-0.2, 0) is 11.3 Å². The van der Waals surface area contributed by atoms with Gasteiger partial charge in [0.1, 0.15) is 5.82 Å². The first-order valence-electron chi connectivity index (χ1n) is 4.32. The van der Waals surface area contributed by atoms with Crippen molar-refractivity contribution in [2.45, 2.75) is 6.54 Å². The van der Waals surface area contributed by atoms with Crippen molar-refractivity contribution in [1.82, 2.24) is 5.32 Å². The van der Waals surface area contributed by atoms with Gasteiger partial charge in [-0.3, -0.25) is 4.79 Å². The summed E-state index contributed by atoms with van der Waals surface area (Å²) in [5.74, 6) is -1.62. The number of carbonyl (C=O) groups excluding carboxylic acids is 2. The highest BCUT2D eigenvalue weighted by molar-refractivity contribution is 6.02. The predicted molar refractivity (Wildman–Crippen MR) is 48.9 cm³/mol. The van der Waals surface area contributed by atoms with E-state index in [4.69, 9.17) is 0 Å². The molecule has 0 spiro atoms. The smallest absolute Gasteiger partial charge is 0.338 e. The Morgan fingerprint density at radius 3 is 2.93 bits per heavy atom. The quantitative estimate of drug-likeness (QED) is 0.698. The summed E-state index contributed by atoms with van der Waals surface area (Å²) in [6, 6.07) is 2.19.